The number of esters is 3. The summed E-state index contributed by atoms with van der Waals surface area (Å²) in [5.41, 5.74) is 5.80. The van der Waals surface area contributed by atoms with Gasteiger partial charge in [-0.15, -0.1) is 0 Å². The Morgan fingerprint density at radius 3 is 2.49 bits per heavy atom. The Balaban J connectivity index is 0.637. The average molecular weight is 981 g/mol. The predicted octanol–water partition coefficient (Wildman–Crippen LogP) is 7.75. The summed E-state index contributed by atoms with van der Waals surface area (Å²) < 4.78 is 38.0. The van der Waals surface area contributed by atoms with E-state index in [9.17, 15) is 29.4 Å². The maximum absolute atomic E-state index is 13.7. The molecule has 16 atom stereocenters. The maximum Gasteiger partial charge on any atom is 0.334 e. The fourth-order valence-electron chi connectivity index (χ4n) is 16.0. The van der Waals surface area contributed by atoms with Crippen molar-refractivity contribution in [3.8, 4) is 0 Å². The third-order valence-corrected chi connectivity index (χ3v) is 20.1. The first kappa shape index (κ1) is 49.3. The van der Waals surface area contributed by atoms with Crippen molar-refractivity contribution < 1.29 is 57.8 Å². The lowest BCUT2D eigenvalue weighted by Crippen LogP contribution is -2.70. The summed E-state index contributed by atoms with van der Waals surface area (Å²) in [5, 5.41) is 24.9. The van der Waals surface area contributed by atoms with Gasteiger partial charge >= 0.3 is 17.9 Å². The summed E-state index contributed by atoms with van der Waals surface area (Å²) in [6.07, 6.45) is 17.8. The SMILES string of the molecule is C=C1/C(=C\C=C2/CCC[C@]3(C)C2CCC3[C@H](C)/C=C/[C@H](OC(=O)CCC/C(C)=N/NC(=O)CCC(=O)O[C@H]2[C@]3(C(C)C)O[C@@H]3[C@H]3O[C@@]34[C@@]23O[C@@H]3C[C@@H]2C3=C(CC[C@]24C)C(=O)OC3)C2CC2)C[C@H](O)C[C@H]1O. The molecule has 0 aromatic carbocycles. The van der Waals surface area contributed by atoms with Crippen molar-refractivity contribution in [1.29, 1.82) is 0 Å². The minimum absolute atomic E-state index is 0.0221. The second kappa shape index (κ2) is 17.9. The van der Waals surface area contributed by atoms with Crippen LogP contribution in [0.15, 0.2) is 63.8 Å². The molecule has 11 rings (SSSR count). The summed E-state index contributed by atoms with van der Waals surface area (Å²) in [6.45, 7) is 17.4. The molecule has 3 saturated heterocycles. The van der Waals surface area contributed by atoms with Gasteiger partial charge in [-0.2, -0.15) is 5.10 Å². The predicted molar refractivity (Wildman–Crippen MR) is 261 cm³/mol. The van der Waals surface area contributed by atoms with Gasteiger partial charge in [-0.3, -0.25) is 14.4 Å². The molecule has 11 aliphatic rings. The third kappa shape index (κ3) is 7.91. The Labute approximate surface area is 418 Å². The van der Waals surface area contributed by atoms with Gasteiger partial charge in [0, 0.05) is 36.0 Å². The zero-order valence-corrected chi connectivity index (χ0v) is 42.7. The van der Waals surface area contributed by atoms with Crippen LogP contribution in [0, 0.1) is 46.3 Å². The third-order valence-electron chi connectivity index (χ3n) is 20.1. The summed E-state index contributed by atoms with van der Waals surface area (Å²) in [6, 6.07) is 0. The molecule has 14 nitrogen and oxygen atoms in total. The van der Waals surface area contributed by atoms with Crippen molar-refractivity contribution >= 4 is 29.5 Å². The Kier molecular flexibility index (Phi) is 12.4. The normalized spacial score (nSPS) is 43.6. The van der Waals surface area contributed by atoms with Gasteiger partial charge in [0.05, 0.1) is 24.7 Å². The van der Waals surface area contributed by atoms with E-state index in [1.54, 1.807) is 0 Å². The molecule has 4 aliphatic heterocycles. The van der Waals surface area contributed by atoms with E-state index in [2.05, 4.69) is 76.0 Å². The van der Waals surface area contributed by atoms with E-state index in [-0.39, 0.29) is 78.3 Å². The Morgan fingerprint density at radius 2 is 1.72 bits per heavy atom. The number of ether oxygens (including phenoxy) is 6. The van der Waals surface area contributed by atoms with E-state index in [0.29, 0.717) is 74.5 Å². The van der Waals surface area contributed by atoms with E-state index in [1.807, 2.05) is 6.92 Å². The first-order chi connectivity index (χ1) is 33.9. The average Bonchev–Trinajstić information content (AvgIpc) is 4.17. The first-order valence-electron chi connectivity index (χ1n) is 27.1. The summed E-state index contributed by atoms with van der Waals surface area (Å²) >= 11 is 0. The number of aliphatic hydroxyl groups excluding tert-OH is 2. The molecule has 2 unspecified atom stereocenters. The molecular weight excluding hydrogens is 905 g/mol. The van der Waals surface area contributed by atoms with Crippen LogP contribution < -0.4 is 5.43 Å². The molecule has 386 valence electrons. The van der Waals surface area contributed by atoms with Crippen molar-refractivity contribution in [2.24, 2.45) is 51.4 Å². The molecule has 9 fully saturated rings. The second-order valence-corrected chi connectivity index (χ2v) is 24.3. The van der Waals surface area contributed by atoms with Gasteiger partial charge < -0.3 is 38.6 Å². The van der Waals surface area contributed by atoms with Gasteiger partial charge in [0.1, 0.15) is 36.1 Å². The van der Waals surface area contributed by atoms with E-state index in [4.69, 9.17) is 28.4 Å². The number of aliphatic hydroxyl groups is 2. The minimum Gasteiger partial charge on any atom is -0.458 e. The lowest BCUT2D eigenvalue weighted by molar-refractivity contribution is -0.169. The fraction of sp³-hybridized carbons (Fsp3) is 0.737. The summed E-state index contributed by atoms with van der Waals surface area (Å²) in [7, 11) is 0. The van der Waals surface area contributed by atoms with Crippen molar-refractivity contribution in [3.63, 3.8) is 0 Å². The first-order valence-corrected chi connectivity index (χ1v) is 27.1. The van der Waals surface area contributed by atoms with Crippen LogP contribution in [0.3, 0.4) is 0 Å². The number of nitrogens with one attached hydrogen (secondary N) is 1. The highest BCUT2D eigenvalue weighted by Crippen LogP contribution is 2.83. The number of hydrogen-bond donors (Lipinski definition) is 3. The molecule has 14 heteroatoms. The molecule has 4 heterocycles. The Bertz CT molecular complexity index is 2420. The molecule has 6 saturated carbocycles. The van der Waals surface area contributed by atoms with Crippen LogP contribution in [0.2, 0.25) is 0 Å². The highest BCUT2D eigenvalue weighted by atomic mass is 16.8. The van der Waals surface area contributed by atoms with Gasteiger partial charge in [0.15, 0.2) is 11.7 Å². The van der Waals surface area contributed by atoms with Gasteiger partial charge in [-0.05, 0) is 154 Å². The van der Waals surface area contributed by atoms with Crippen LogP contribution in [0.5, 0.6) is 0 Å². The number of hydrogen-bond acceptors (Lipinski definition) is 13. The number of carbonyl (C=O) groups is 4. The minimum atomic E-state index is -0.858. The molecule has 0 bridgehead atoms. The van der Waals surface area contributed by atoms with E-state index >= 15 is 0 Å². The van der Waals surface area contributed by atoms with E-state index in [0.717, 1.165) is 67.2 Å². The van der Waals surface area contributed by atoms with Crippen LogP contribution in [0.1, 0.15) is 151 Å². The lowest BCUT2D eigenvalue weighted by atomic mass is 9.46. The highest BCUT2D eigenvalue weighted by Gasteiger charge is 3.01. The Morgan fingerprint density at radius 1 is 0.915 bits per heavy atom. The number of rotatable bonds is 16. The number of cyclic esters (lactones) is 1. The molecule has 1 amide bonds. The van der Waals surface area contributed by atoms with Crippen LogP contribution in [0.4, 0.5) is 0 Å². The largest absolute Gasteiger partial charge is 0.458 e. The van der Waals surface area contributed by atoms with Crippen molar-refractivity contribution in [3.05, 3.63) is 58.7 Å². The number of carbonyl (C=O) groups excluding carboxylic acids is 4. The monoisotopic (exact) mass is 981 g/mol. The van der Waals surface area contributed by atoms with E-state index in [1.165, 1.54) is 12.0 Å². The van der Waals surface area contributed by atoms with Crippen LogP contribution >= 0.6 is 0 Å². The highest BCUT2D eigenvalue weighted by molar-refractivity contribution is 5.92. The lowest BCUT2D eigenvalue weighted by Gasteiger charge is -2.53. The van der Waals surface area contributed by atoms with Gasteiger partial charge in [-0.25, -0.2) is 10.2 Å². The summed E-state index contributed by atoms with van der Waals surface area (Å²) in [4.78, 5) is 52.4. The Hall–Kier alpha value is -3.95. The van der Waals surface area contributed by atoms with Crippen molar-refractivity contribution in [2.45, 2.75) is 210 Å². The molecule has 0 radical (unpaired) electrons. The molecule has 3 N–H and O–H groups in total. The number of hydrazone groups is 1. The maximum atomic E-state index is 13.7. The second-order valence-electron chi connectivity index (χ2n) is 24.3. The number of fused-ring (bicyclic) bond motifs is 5. The molecule has 7 aliphatic carbocycles. The zero-order valence-electron chi connectivity index (χ0n) is 42.7. The quantitative estimate of drug-likeness (QED) is 0.0340. The number of epoxide rings is 3. The number of amides is 1. The van der Waals surface area contributed by atoms with Crippen LogP contribution in [-0.2, 0) is 47.6 Å². The molecule has 71 heavy (non-hydrogen) atoms. The number of allylic oxidation sites excluding steroid dienone is 4. The van der Waals surface area contributed by atoms with Crippen molar-refractivity contribution in [2.75, 3.05) is 6.61 Å². The topological polar surface area (TPSA) is 198 Å². The molecule has 2 spiro atoms. The van der Waals surface area contributed by atoms with Gasteiger partial charge in [0.2, 0.25) is 5.91 Å². The van der Waals surface area contributed by atoms with Crippen LogP contribution in [-0.4, -0.2) is 106 Å². The number of nitrogens with zero attached hydrogens (tertiary/aromatic N) is 1. The molecular formula is C57H76N2O12. The molecule has 0 aromatic heterocycles. The van der Waals surface area contributed by atoms with E-state index < -0.39 is 47.0 Å². The van der Waals surface area contributed by atoms with Crippen molar-refractivity contribution in [1.82, 2.24) is 5.43 Å². The van der Waals surface area contributed by atoms with Gasteiger partial charge in [-0.1, -0.05) is 65.0 Å². The fourth-order valence-corrected chi connectivity index (χ4v) is 16.0. The smallest absolute Gasteiger partial charge is 0.334 e. The standard InChI is InChI=1S/C57H76N2O12/c1-30(2)55-49(70-55)50-57(71-50)54(7)25-23-38-39(29-66-51(38)65)42(54)28-45-56(57,69-45)52(55)68-48(64)22-21-46(62)59-58-32(4)10-8-12-47(63)67-44(35-15-16-35)20-13-31(3)40-18-19-41-34(11-9-24-53(40,41)6)14-17-36-26-37(60)27-43(61)33(36)5/h13-14,17,20,30-31,35,37,40-45,49-50,52,60-61H,5,8-12,15-16,18-19,21-29H2,1-4,6-7H3,(H,59,62)/b20-13+,34-14+,36-17-,58-32+/t31-,37+,40?,41?,42-,43-,44+,45-,49-,50-,52+,53+,54-,55-,56+,57+/m1/s1. The summed E-state index contributed by atoms with van der Waals surface area (Å²) in [5.74, 6) is 0.438. The van der Waals surface area contributed by atoms with Crippen LogP contribution in [0.25, 0.3) is 0 Å². The molecule has 0 aromatic rings. The zero-order chi connectivity index (χ0) is 50.0. The van der Waals surface area contributed by atoms with Gasteiger partial charge in [0.25, 0.3) is 0 Å².